The molecular formula is C9H10N2O. The van der Waals surface area contributed by atoms with Crippen molar-refractivity contribution in [2.24, 2.45) is 5.84 Å². The van der Waals surface area contributed by atoms with E-state index in [1.807, 2.05) is 24.3 Å². The molecule has 0 fully saturated rings. The first-order chi connectivity index (χ1) is 5.86. The molecule has 1 aromatic rings. The summed E-state index contributed by atoms with van der Waals surface area (Å²) >= 11 is 0. The third-order valence-corrected chi connectivity index (χ3v) is 1.34. The molecule has 3 heteroatoms. The van der Waals surface area contributed by atoms with E-state index >= 15 is 0 Å². The first-order valence-electron chi connectivity index (χ1n) is 3.53. The number of anilines is 1. The Morgan fingerprint density at radius 2 is 2.33 bits per heavy atom. The molecule has 0 saturated heterocycles. The van der Waals surface area contributed by atoms with E-state index < -0.39 is 0 Å². The van der Waals surface area contributed by atoms with Crippen LogP contribution in [0.3, 0.4) is 0 Å². The molecule has 0 aliphatic carbocycles. The average molecular weight is 162 g/mol. The zero-order chi connectivity index (χ0) is 8.81. The first-order valence-corrected chi connectivity index (χ1v) is 3.53. The fourth-order valence-corrected chi connectivity index (χ4v) is 0.828. The number of hydrogen-bond donors (Lipinski definition) is 3. The lowest BCUT2D eigenvalue weighted by Crippen LogP contribution is -2.06. The number of nitrogens with one attached hydrogen (secondary N) is 1. The summed E-state index contributed by atoms with van der Waals surface area (Å²) in [6.07, 6.45) is 0. The van der Waals surface area contributed by atoms with Crippen LogP contribution in [0, 0.1) is 11.8 Å². The molecule has 0 aliphatic heterocycles. The third-order valence-electron chi connectivity index (χ3n) is 1.34. The number of benzene rings is 1. The second kappa shape index (κ2) is 4.39. The molecule has 0 heterocycles. The first kappa shape index (κ1) is 8.60. The quantitative estimate of drug-likeness (QED) is 0.316. The van der Waals surface area contributed by atoms with E-state index in [9.17, 15) is 0 Å². The maximum Gasteiger partial charge on any atom is 0.104 e. The van der Waals surface area contributed by atoms with Gasteiger partial charge in [0, 0.05) is 11.3 Å². The van der Waals surface area contributed by atoms with Crippen molar-refractivity contribution in [3.8, 4) is 11.8 Å². The fraction of sp³-hybridized carbons (Fsp3) is 0.111. The number of rotatable bonds is 1. The summed E-state index contributed by atoms with van der Waals surface area (Å²) in [7, 11) is 0. The minimum atomic E-state index is -0.125. The standard InChI is InChI=1S/C9H10N2O/c10-11-9-5-1-3-8(7-9)4-2-6-12/h1,3,5,7,11-12H,6,10H2. The summed E-state index contributed by atoms with van der Waals surface area (Å²) in [6.45, 7) is -0.125. The number of hydrazine groups is 1. The molecule has 0 atom stereocenters. The van der Waals surface area contributed by atoms with Gasteiger partial charge in [0.25, 0.3) is 0 Å². The molecule has 0 unspecified atom stereocenters. The Balaban J connectivity index is 2.86. The van der Waals surface area contributed by atoms with E-state index in [-0.39, 0.29) is 6.61 Å². The van der Waals surface area contributed by atoms with Crippen LogP contribution in [0.2, 0.25) is 0 Å². The molecule has 62 valence electrons. The molecule has 4 N–H and O–H groups in total. The van der Waals surface area contributed by atoms with Crippen LogP contribution in [0.5, 0.6) is 0 Å². The van der Waals surface area contributed by atoms with E-state index in [0.717, 1.165) is 11.3 Å². The number of aliphatic hydroxyl groups excluding tert-OH is 1. The van der Waals surface area contributed by atoms with Gasteiger partial charge in [-0.2, -0.15) is 0 Å². The second-order valence-corrected chi connectivity index (χ2v) is 2.19. The number of nitrogens with two attached hydrogens (primary N) is 1. The Morgan fingerprint density at radius 1 is 1.50 bits per heavy atom. The predicted octanol–water partition coefficient (Wildman–Crippen LogP) is 0.316. The van der Waals surface area contributed by atoms with Crippen molar-refractivity contribution in [1.82, 2.24) is 0 Å². The topological polar surface area (TPSA) is 58.3 Å². The van der Waals surface area contributed by atoms with Gasteiger partial charge < -0.3 is 10.5 Å². The smallest absolute Gasteiger partial charge is 0.104 e. The van der Waals surface area contributed by atoms with Crippen LogP contribution >= 0.6 is 0 Å². The Hall–Kier alpha value is -1.50. The zero-order valence-corrected chi connectivity index (χ0v) is 6.54. The van der Waals surface area contributed by atoms with Crippen LogP contribution in [0.1, 0.15) is 5.56 Å². The minimum Gasteiger partial charge on any atom is -0.384 e. The molecule has 0 saturated carbocycles. The monoisotopic (exact) mass is 162 g/mol. The van der Waals surface area contributed by atoms with E-state index in [2.05, 4.69) is 17.3 Å². The summed E-state index contributed by atoms with van der Waals surface area (Å²) in [5, 5.41) is 8.44. The molecule has 0 aliphatic rings. The highest BCUT2D eigenvalue weighted by molar-refractivity contribution is 5.49. The van der Waals surface area contributed by atoms with Crippen LogP contribution < -0.4 is 11.3 Å². The van der Waals surface area contributed by atoms with Crippen molar-refractivity contribution in [3.05, 3.63) is 29.8 Å². The van der Waals surface area contributed by atoms with Gasteiger partial charge >= 0.3 is 0 Å². The molecule has 1 aromatic carbocycles. The zero-order valence-electron chi connectivity index (χ0n) is 6.54. The molecule has 0 spiro atoms. The van der Waals surface area contributed by atoms with Gasteiger partial charge in [-0.1, -0.05) is 17.9 Å². The van der Waals surface area contributed by atoms with Gasteiger partial charge in [0.15, 0.2) is 0 Å². The maximum absolute atomic E-state index is 8.44. The van der Waals surface area contributed by atoms with Gasteiger partial charge in [-0.05, 0) is 18.2 Å². The third kappa shape index (κ3) is 2.27. The number of aliphatic hydroxyl groups is 1. The number of nitrogen functional groups attached to an aromatic ring is 1. The largest absolute Gasteiger partial charge is 0.384 e. The Kier molecular flexibility index (Phi) is 3.15. The SMILES string of the molecule is NNc1cccc(C#CCO)c1. The van der Waals surface area contributed by atoms with Crippen LogP contribution in [0.15, 0.2) is 24.3 Å². The fourth-order valence-electron chi connectivity index (χ4n) is 0.828. The van der Waals surface area contributed by atoms with Crippen molar-refractivity contribution in [2.45, 2.75) is 0 Å². The lowest BCUT2D eigenvalue weighted by Gasteiger charge is -1.98. The molecule has 1 rings (SSSR count). The summed E-state index contributed by atoms with van der Waals surface area (Å²) < 4.78 is 0. The molecule has 0 aromatic heterocycles. The highest BCUT2D eigenvalue weighted by atomic mass is 16.2. The molecule has 12 heavy (non-hydrogen) atoms. The average Bonchev–Trinajstić information content (AvgIpc) is 2.15. The second-order valence-electron chi connectivity index (χ2n) is 2.19. The summed E-state index contributed by atoms with van der Waals surface area (Å²) in [5.74, 6) is 10.5. The molecule has 3 nitrogen and oxygen atoms in total. The van der Waals surface area contributed by atoms with Crippen molar-refractivity contribution < 1.29 is 5.11 Å². The lowest BCUT2D eigenvalue weighted by molar-refractivity contribution is 0.350. The molecular weight excluding hydrogens is 152 g/mol. The Labute approximate surface area is 71.2 Å². The summed E-state index contributed by atoms with van der Waals surface area (Å²) in [6, 6.07) is 7.34. The van der Waals surface area contributed by atoms with Crippen molar-refractivity contribution in [3.63, 3.8) is 0 Å². The van der Waals surface area contributed by atoms with Gasteiger partial charge in [-0.15, -0.1) is 0 Å². The Morgan fingerprint density at radius 3 is 3.00 bits per heavy atom. The van der Waals surface area contributed by atoms with Gasteiger partial charge in [-0.25, -0.2) is 0 Å². The molecule has 0 amide bonds. The van der Waals surface area contributed by atoms with Crippen molar-refractivity contribution in [2.75, 3.05) is 12.0 Å². The summed E-state index contributed by atoms with van der Waals surface area (Å²) in [5.41, 5.74) is 4.15. The summed E-state index contributed by atoms with van der Waals surface area (Å²) in [4.78, 5) is 0. The van der Waals surface area contributed by atoms with E-state index in [1.165, 1.54) is 0 Å². The Bertz CT molecular complexity index is 312. The lowest BCUT2D eigenvalue weighted by atomic mass is 10.2. The van der Waals surface area contributed by atoms with E-state index in [4.69, 9.17) is 10.9 Å². The van der Waals surface area contributed by atoms with Gasteiger partial charge in [0.05, 0.1) is 0 Å². The van der Waals surface area contributed by atoms with Gasteiger partial charge in [0.2, 0.25) is 0 Å². The van der Waals surface area contributed by atoms with Crippen LogP contribution in [-0.4, -0.2) is 11.7 Å². The maximum atomic E-state index is 8.44. The number of hydrogen-bond acceptors (Lipinski definition) is 3. The van der Waals surface area contributed by atoms with Crippen LogP contribution in [-0.2, 0) is 0 Å². The van der Waals surface area contributed by atoms with Crippen LogP contribution in [0.4, 0.5) is 5.69 Å². The van der Waals surface area contributed by atoms with E-state index in [1.54, 1.807) is 0 Å². The van der Waals surface area contributed by atoms with Crippen molar-refractivity contribution in [1.29, 1.82) is 0 Å². The van der Waals surface area contributed by atoms with Gasteiger partial charge in [0.1, 0.15) is 6.61 Å². The predicted molar refractivity (Wildman–Crippen MR) is 48.2 cm³/mol. The van der Waals surface area contributed by atoms with E-state index in [0.29, 0.717) is 0 Å². The molecule has 0 radical (unpaired) electrons. The highest BCUT2D eigenvalue weighted by Crippen LogP contribution is 2.07. The van der Waals surface area contributed by atoms with Gasteiger partial charge in [-0.3, -0.25) is 5.84 Å². The minimum absolute atomic E-state index is 0.125. The normalized spacial score (nSPS) is 8.50. The molecule has 0 bridgehead atoms. The van der Waals surface area contributed by atoms with Crippen molar-refractivity contribution >= 4 is 5.69 Å². The highest BCUT2D eigenvalue weighted by Gasteiger charge is 1.88. The van der Waals surface area contributed by atoms with Crippen LogP contribution in [0.25, 0.3) is 0 Å².